The summed E-state index contributed by atoms with van der Waals surface area (Å²) in [4.78, 5) is 16.7. The number of benzene rings is 1. The predicted molar refractivity (Wildman–Crippen MR) is 88.4 cm³/mol. The van der Waals surface area contributed by atoms with Crippen LogP contribution in [-0.4, -0.2) is 66.2 Å². The average Bonchev–Trinajstić information content (AvgIpc) is 3.03. The predicted octanol–water partition coefficient (Wildman–Crippen LogP) is 1.70. The minimum Gasteiger partial charge on any atom is -0.387 e. The van der Waals surface area contributed by atoms with E-state index < -0.39 is 6.10 Å². The highest BCUT2D eigenvalue weighted by molar-refractivity contribution is 6.30. The SMILES string of the molecule is O=C([C@@H]1CCCN1C[C@@H](O)c1cccc(Cl)c1)N1CCOCC1. The number of morpholine rings is 1. The Balaban J connectivity index is 1.63. The van der Waals surface area contributed by atoms with Gasteiger partial charge in [-0.1, -0.05) is 23.7 Å². The quantitative estimate of drug-likeness (QED) is 0.908. The number of nitrogens with zero attached hydrogens (tertiary/aromatic N) is 2. The molecule has 0 bridgehead atoms. The largest absolute Gasteiger partial charge is 0.387 e. The van der Waals surface area contributed by atoms with Crippen molar-refractivity contribution in [1.82, 2.24) is 9.80 Å². The Labute approximate surface area is 141 Å². The average molecular weight is 339 g/mol. The molecule has 23 heavy (non-hydrogen) atoms. The lowest BCUT2D eigenvalue weighted by atomic mass is 10.1. The highest BCUT2D eigenvalue weighted by Crippen LogP contribution is 2.25. The molecule has 0 aromatic heterocycles. The molecule has 0 aliphatic carbocycles. The summed E-state index contributed by atoms with van der Waals surface area (Å²) in [7, 11) is 0. The van der Waals surface area contributed by atoms with Crippen LogP contribution in [0.5, 0.6) is 0 Å². The molecule has 0 radical (unpaired) electrons. The summed E-state index contributed by atoms with van der Waals surface area (Å²) in [5.74, 6) is 0.170. The van der Waals surface area contributed by atoms with Gasteiger partial charge in [-0.15, -0.1) is 0 Å². The number of aliphatic hydroxyl groups excluding tert-OH is 1. The monoisotopic (exact) mass is 338 g/mol. The fourth-order valence-electron chi connectivity index (χ4n) is 3.36. The van der Waals surface area contributed by atoms with Crippen molar-refractivity contribution in [3.8, 4) is 0 Å². The molecule has 6 heteroatoms. The molecule has 2 aliphatic heterocycles. The molecule has 1 aromatic rings. The first-order valence-electron chi connectivity index (χ1n) is 8.19. The standard InChI is InChI=1S/C17H23ClN2O3/c18-14-4-1-3-13(11-14)16(21)12-20-6-2-5-15(20)17(22)19-7-9-23-10-8-19/h1,3-4,11,15-16,21H,2,5-10,12H2/t15-,16+/m0/s1. The Morgan fingerprint density at radius 3 is 2.87 bits per heavy atom. The number of amides is 1. The number of β-amino-alcohol motifs (C(OH)–C–C–N with tert-alkyl or cyclic N) is 1. The molecule has 2 heterocycles. The first-order valence-corrected chi connectivity index (χ1v) is 8.57. The maximum absolute atomic E-state index is 12.7. The summed E-state index contributed by atoms with van der Waals surface area (Å²) in [6, 6.07) is 7.15. The van der Waals surface area contributed by atoms with Crippen LogP contribution in [-0.2, 0) is 9.53 Å². The molecule has 2 fully saturated rings. The van der Waals surface area contributed by atoms with Crippen molar-refractivity contribution < 1.29 is 14.6 Å². The molecular formula is C17H23ClN2O3. The van der Waals surface area contributed by atoms with Gasteiger partial charge in [0, 0.05) is 24.7 Å². The van der Waals surface area contributed by atoms with Crippen molar-refractivity contribution in [1.29, 1.82) is 0 Å². The van der Waals surface area contributed by atoms with Crippen LogP contribution in [0.1, 0.15) is 24.5 Å². The molecule has 1 aromatic carbocycles. The third-order valence-electron chi connectivity index (χ3n) is 4.61. The zero-order valence-electron chi connectivity index (χ0n) is 13.2. The second-order valence-electron chi connectivity index (χ2n) is 6.16. The minimum atomic E-state index is -0.633. The van der Waals surface area contributed by atoms with E-state index in [0.717, 1.165) is 24.9 Å². The van der Waals surface area contributed by atoms with Gasteiger partial charge in [0.15, 0.2) is 0 Å². The van der Waals surface area contributed by atoms with Crippen molar-refractivity contribution in [3.63, 3.8) is 0 Å². The first-order chi connectivity index (χ1) is 11.1. The lowest BCUT2D eigenvalue weighted by Crippen LogP contribution is -2.50. The van der Waals surface area contributed by atoms with Gasteiger partial charge in [-0.05, 0) is 37.1 Å². The highest BCUT2D eigenvalue weighted by Gasteiger charge is 2.35. The fraction of sp³-hybridized carbons (Fsp3) is 0.588. The van der Waals surface area contributed by atoms with E-state index >= 15 is 0 Å². The van der Waals surface area contributed by atoms with E-state index in [1.807, 2.05) is 17.0 Å². The van der Waals surface area contributed by atoms with Gasteiger partial charge in [0.2, 0.25) is 5.91 Å². The number of carbonyl (C=O) groups is 1. The van der Waals surface area contributed by atoms with Gasteiger partial charge < -0.3 is 14.7 Å². The number of aliphatic hydroxyl groups is 1. The molecule has 2 atom stereocenters. The third kappa shape index (κ3) is 4.04. The molecule has 3 rings (SSSR count). The summed E-state index contributed by atoms with van der Waals surface area (Å²) in [5, 5.41) is 11.1. The number of rotatable bonds is 4. The normalized spacial score (nSPS) is 23.9. The van der Waals surface area contributed by atoms with E-state index in [4.69, 9.17) is 16.3 Å². The number of hydrogen-bond acceptors (Lipinski definition) is 4. The number of ether oxygens (including phenoxy) is 1. The molecule has 0 spiro atoms. The van der Waals surface area contributed by atoms with E-state index in [-0.39, 0.29) is 11.9 Å². The van der Waals surface area contributed by atoms with Crippen molar-refractivity contribution in [2.75, 3.05) is 39.4 Å². The van der Waals surface area contributed by atoms with Crippen molar-refractivity contribution >= 4 is 17.5 Å². The Morgan fingerprint density at radius 1 is 1.35 bits per heavy atom. The maximum Gasteiger partial charge on any atom is 0.240 e. The van der Waals surface area contributed by atoms with E-state index in [1.54, 1.807) is 12.1 Å². The summed E-state index contributed by atoms with van der Waals surface area (Å²) in [6.45, 7) is 3.87. The van der Waals surface area contributed by atoms with Gasteiger partial charge in [-0.2, -0.15) is 0 Å². The topological polar surface area (TPSA) is 53.0 Å². The third-order valence-corrected chi connectivity index (χ3v) is 4.85. The smallest absolute Gasteiger partial charge is 0.240 e. The Morgan fingerprint density at radius 2 is 2.13 bits per heavy atom. The van der Waals surface area contributed by atoms with Crippen LogP contribution in [0.2, 0.25) is 5.02 Å². The van der Waals surface area contributed by atoms with Crippen LogP contribution in [0.15, 0.2) is 24.3 Å². The maximum atomic E-state index is 12.7. The van der Waals surface area contributed by atoms with Gasteiger partial charge in [0.05, 0.1) is 25.4 Å². The van der Waals surface area contributed by atoms with E-state index in [2.05, 4.69) is 4.90 Å². The van der Waals surface area contributed by atoms with Gasteiger partial charge in [-0.3, -0.25) is 9.69 Å². The molecule has 126 valence electrons. The van der Waals surface area contributed by atoms with Crippen molar-refractivity contribution in [2.45, 2.75) is 25.0 Å². The van der Waals surface area contributed by atoms with Gasteiger partial charge in [-0.25, -0.2) is 0 Å². The molecule has 0 saturated carbocycles. The van der Waals surface area contributed by atoms with Gasteiger partial charge >= 0.3 is 0 Å². The second-order valence-corrected chi connectivity index (χ2v) is 6.60. The fourth-order valence-corrected chi connectivity index (χ4v) is 3.56. The zero-order valence-corrected chi connectivity index (χ0v) is 13.9. The second kappa shape index (κ2) is 7.62. The Bertz CT molecular complexity index is 548. The molecule has 2 saturated heterocycles. The zero-order chi connectivity index (χ0) is 16.2. The number of halogens is 1. The molecule has 0 unspecified atom stereocenters. The van der Waals surface area contributed by atoms with E-state index in [0.29, 0.717) is 37.9 Å². The van der Waals surface area contributed by atoms with Crippen molar-refractivity contribution in [2.24, 2.45) is 0 Å². The van der Waals surface area contributed by atoms with Crippen LogP contribution < -0.4 is 0 Å². The lowest BCUT2D eigenvalue weighted by molar-refractivity contribution is -0.140. The Kier molecular flexibility index (Phi) is 5.54. The minimum absolute atomic E-state index is 0.123. The molecule has 1 amide bonds. The Hall–Kier alpha value is -1.14. The van der Waals surface area contributed by atoms with Crippen LogP contribution in [0, 0.1) is 0 Å². The number of hydrogen-bond donors (Lipinski definition) is 1. The van der Waals surface area contributed by atoms with Gasteiger partial charge in [0.1, 0.15) is 0 Å². The van der Waals surface area contributed by atoms with Crippen LogP contribution >= 0.6 is 11.6 Å². The molecular weight excluding hydrogens is 316 g/mol. The molecule has 2 aliphatic rings. The van der Waals surface area contributed by atoms with E-state index in [1.165, 1.54) is 0 Å². The van der Waals surface area contributed by atoms with Crippen LogP contribution in [0.4, 0.5) is 0 Å². The molecule has 1 N–H and O–H groups in total. The summed E-state index contributed by atoms with van der Waals surface area (Å²) < 4.78 is 5.31. The molecule has 5 nitrogen and oxygen atoms in total. The summed E-state index contributed by atoms with van der Waals surface area (Å²) >= 11 is 5.99. The van der Waals surface area contributed by atoms with Crippen molar-refractivity contribution in [3.05, 3.63) is 34.9 Å². The number of carbonyl (C=O) groups excluding carboxylic acids is 1. The van der Waals surface area contributed by atoms with Gasteiger partial charge in [0.25, 0.3) is 0 Å². The summed E-state index contributed by atoms with van der Waals surface area (Å²) in [6.07, 6.45) is 1.22. The lowest BCUT2D eigenvalue weighted by Gasteiger charge is -2.33. The van der Waals surface area contributed by atoms with Crippen LogP contribution in [0.25, 0.3) is 0 Å². The first kappa shape index (κ1) is 16.7. The van der Waals surface area contributed by atoms with Crippen LogP contribution in [0.3, 0.4) is 0 Å². The highest BCUT2D eigenvalue weighted by atomic mass is 35.5. The number of likely N-dealkylation sites (tertiary alicyclic amines) is 1. The van der Waals surface area contributed by atoms with E-state index in [9.17, 15) is 9.90 Å². The summed E-state index contributed by atoms with van der Waals surface area (Å²) in [5.41, 5.74) is 0.793.